The molecule has 3 amide bonds. The number of carboxylic acid groups (broad SMARTS) is 1. The van der Waals surface area contributed by atoms with Gasteiger partial charge in [-0.1, -0.05) is 0 Å². The van der Waals surface area contributed by atoms with E-state index in [2.05, 4.69) is 0 Å². The molecule has 7 nitrogen and oxygen atoms in total. The molecule has 2 heterocycles. The first kappa shape index (κ1) is 19.3. The molecule has 0 aromatic rings. The molecule has 2 aliphatic heterocycles. The minimum absolute atomic E-state index is 0.171. The van der Waals surface area contributed by atoms with Crippen LogP contribution in [0.1, 0.15) is 12.8 Å². The maximum atomic E-state index is 13.0. The molecule has 2 aliphatic rings. The standard InChI is InChI=1S/C15H22F3N3O4/c1-19(2)14(25)20-5-3-9(4-6-20)12(22)21-7-10(13(23)24)11(8-21)15(16,17)18/h9-11H,3-8H2,1-2H3,(H,23,24)/t10-,11-/m1/s1. The van der Waals surface area contributed by atoms with Crippen LogP contribution in [0.2, 0.25) is 0 Å². The van der Waals surface area contributed by atoms with Crippen LogP contribution in [0.25, 0.3) is 0 Å². The number of alkyl halides is 3. The van der Waals surface area contributed by atoms with E-state index in [0.717, 1.165) is 4.90 Å². The van der Waals surface area contributed by atoms with Crippen LogP contribution in [0, 0.1) is 17.8 Å². The average molecular weight is 365 g/mol. The molecular formula is C15H22F3N3O4. The summed E-state index contributed by atoms with van der Waals surface area (Å²) in [6.45, 7) is -0.329. The van der Waals surface area contributed by atoms with E-state index in [1.54, 1.807) is 19.0 Å². The first-order valence-electron chi connectivity index (χ1n) is 8.07. The maximum Gasteiger partial charge on any atom is 0.394 e. The van der Waals surface area contributed by atoms with Crippen molar-refractivity contribution in [3.05, 3.63) is 0 Å². The average Bonchev–Trinajstić information content (AvgIpc) is 2.99. The van der Waals surface area contributed by atoms with Gasteiger partial charge in [0.2, 0.25) is 5.91 Å². The molecule has 2 fully saturated rings. The first-order valence-corrected chi connectivity index (χ1v) is 8.07. The van der Waals surface area contributed by atoms with Crippen LogP contribution in [0.15, 0.2) is 0 Å². The monoisotopic (exact) mass is 365 g/mol. The maximum absolute atomic E-state index is 13.0. The van der Waals surface area contributed by atoms with Gasteiger partial charge in [-0.3, -0.25) is 9.59 Å². The number of likely N-dealkylation sites (tertiary alicyclic amines) is 2. The van der Waals surface area contributed by atoms with Crippen LogP contribution >= 0.6 is 0 Å². The van der Waals surface area contributed by atoms with Crippen LogP contribution < -0.4 is 0 Å². The van der Waals surface area contributed by atoms with Crippen molar-refractivity contribution in [2.75, 3.05) is 40.3 Å². The zero-order valence-corrected chi connectivity index (χ0v) is 14.1. The summed E-state index contributed by atoms with van der Waals surface area (Å²) in [5.74, 6) is -6.13. The second kappa shape index (κ2) is 7.09. The lowest BCUT2D eigenvalue weighted by molar-refractivity contribution is -0.188. The zero-order chi connectivity index (χ0) is 18.9. The Kier molecular flexibility index (Phi) is 5.48. The van der Waals surface area contributed by atoms with Gasteiger partial charge in [0, 0.05) is 46.2 Å². The second-order valence-electron chi connectivity index (χ2n) is 6.77. The number of carbonyl (C=O) groups excluding carboxylic acids is 2. The van der Waals surface area contributed by atoms with Gasteiger partial charge < -0.3 is 19.8 Å². The normalized spacial score (nSPS) is 25.2. The molecule has 0 aliphatic carbocycles. The van der Waals surface area contributed by atoms with Gasteiger partial charge in [-0.15, -0.1) is 0 Å². The summed E-state index contributed by atoms with van der Waals surface area (Å²) >= 11 is 0. The topological polar surface area (TPSA) is 81.2 Å². The Labute approximate surface area is 143 Å². The fourth-order valence-corrected chi connectivity index (χ4v) is 3.42. The largest absolute Gasteiger partial charge is 0.481 e. The third kappa shape index (κ3) is 4.16. The van der Waals surface area contributed by atoms with Gasteiger partial charge in [-0.25, -0.2) is 4.79 Å². The van der Waals surface area contributed by atoms with Gasteiger partial charge in [-0.2, -0.15) is 13.2 Å². The summed E-state index contributed by atoms with van der Waals surface area (Å²) in [5.41, 5.74) is 0. The van der Waals surface area contributed by atoms with Crippen LogP contribution in [-0.2, 0) is 9.59 Å². The lowest BCUT2D eigenvalue weighted by Gasteiger charge is -2.34. The molecule has 0 bridgehead atoms. The number of hydrogen-bond acceptors (Lipinski definition) is 3. The van der Waals surface area contributed by atoms with Gasteiger partial charge >= 0.3 is 18.2 Å². The highest BCUT2D eigenvalue weighted by atomic mass is 19.4. The lowest BCUT2D eigenvalue weighted by atomic mass is 9.95. The number of piperidine rings is 1. The molecule has 2 saturated heterocycles. The van der Waals surface area contributed by atoms with Crippen molar-refractivity contribution in [2.24, 2.45) is 17.8 Å². The summed E-state index contributed by atoms with van der Waals surface area (Å²) in [6.07, 6.45) is -3.92. The number of halogens is 3. The van der Waals surface area contributed by atoms with E-state index in [0.29, 0.717) is 25.9 Å². The molecule has 1 N–H and O–H groups in total. The minimum Gasteiger partial charge on any atom is -0.481 e. The molecule has 10 heteroatoms. The Bertz CT molecular complexity index is 545. The van der Waals surface area contributed by atoms with E-state index >= 15 is 0 Å². The van der Waals surface area contributed by atoms with Crippen molar-refractivity contribution in [3.63, 3.8) is 0 Å². The Morgan fingerprint density at radius 2 is 1.60 bits per heavy atom. The zero-order valence-electron chi connectivity index (χ0n) is 14.1. The predicted octanol–water partition coefficient (Wildman–Crippen LogP) is 1.10. The van der Waals surface area contributed by atoms with E-state index in [1.807, 2.05) is 0 Å². The van der Waals surface area contributed by atoms with Gasteiger partial charge in [-0.05, 0) is 12.8 Å². The Hall–Kier alpha value is -2.00. The van der Waals surface area contributed by atoms with Crippen LogP contribution in [-0.4, -0.2) is 84.2 Å². The van der Waals surface area contributed by atoms with Crippen LogP contribution in [0.4, 0.5) is 18.0 Å². The number of rotatable bonds is 2. The van der Waals surface area contributed by atoms with E-state index < -0.39 is 48.9 Å². The van der Waals surface area contributed by atoms with Crippen molar-refractivity contribution in [2.45, 2.75) is 19.0 Å². The quantitative estimate of drug-likeness (QED) is 0.795. The smallest absolute Gasteiger partial charge is 0.394 e. The van der Waals surface area contributed by atoms with Crippen LogP contribution in [0.3, 0.4) is 0 Å². The molecule has 0 radical (unpaired) electrons. The Balaban J connectivity index is 1.98. The molecule has 25 heavy (non-hydrogen) atoms. The van der Waals surface area contributed by atoms with Crippen molar-refractivity contribution >= 4 is 17.9 Å². The number of aliphatic carboxylic acids is 1. The van der Waals surface area contributed by atoms with Crippen molar-refractivity contribution < 1.29 is 32.7 Å². The highest BCUT2D eigenvalue weighted by molar-refractivity contribution is 5.81. The Morgan fingerprint density at radius 3 is 2.00 bits per heavy atom. The van der Waals surface area contributed by atoms with E-state index in [-0.39, 0.29) is 6.03 Å². The lowest BCUT2D eigenvalue weighted by Crippen LogP contribution is -2.47. The highest BCUT2D eigenvalue weighted by Crippen LogP contribution is 2.38. The molecule has 0 spiro atoms. The molecule has 0 aromatic carbocycles. The third-order valence-corrected chi connectivity index (χ3v) is 4.87. The fraction of sp³-hybridized carbons (Fsp3) is 0.800. The van der Waals surface area contributed by atoms with Crippen LogP contribution in [0.5, 0.6) is 0 Å². The highest BCUT2D eigenvalue weighted by Gasteiger charge is 2.54. The summed E-state index contributed by atoms with van der Waals surface area (Å²) in [4.78, 5) is 39.5. The molecule has 0 unspecified atom stereocenters. The van der Waals surface area contributed by atoms with Gasteiger partial charge in [0.05, 0.1) is 11.8 Å². The second-order valence-corrected chi connectivity index (χ2v) is 6.77. The number of nitrogens with zero attached hydrogens (tertiary/aromatic N) is 3. The summed E-state index contributed by atoms with van der Waals surface area (Å²) in [5, 5.41) is 9.02. The van der Waals surface area contributed by atoms with Gasteiger partial charge in [0.1, 0.15) is 0 Å². The fourth-order valence-electron chi connectivity index (χ4n) is 3.42. The van der Waals surface area contributed by atoms with Gasteiger partial charge in [0.15, 0.2) is 0 Å². The number of urea groups is 1. The minimum atomic E-state index is -4.65. The molecule has 0 saturated carbocycles. The first-order chi connectivity index (χ1) is 11.5. The van der Waals surface area contributed by atoms with Crippen molar-refractivity contribution in [1.82, 2.24) is 14.7 Å². The number of hydrogen-bond donors (Lipinski definition) is 1. The summed E-state index contributed by atoms with van der Waals surface area (Å²) in [6, 6.07) is -0.171. The van der Waals surface area contributed by atoms with E-state index in [1.165, 1.54) is 4.90 Å². The van der Waals surface area contributed by atoms with Gasteiger partial charge in [0.25, 0.3) is 0 Å². The Morgan fingerprint density at radius 1 is 1.04 bits per heavy atom. The van der Waals surface area contributed by atoms with Crippen molar-refractivity contribution in [3.8, 4) is 0 Å². The molecule has 2 atom stereocenters. The number of amides is 3. The predicted molar refractivity (Wildman–Crippen MR) is 80.6 cm³/mol. The molecule has 2 rings (SSSR count). The number of carbonyl (C=O) groups is 3. The van der Waals surface area contributed by atoms with Crippen molar-refractivity contribution in [1.29, 1.82) is 0 Å². The SMILES string of the molecule is CN(C)C(=O)N1CCC(C(=O)N2C[C@@H](C(F)(F)F)[C@H](C(=O)O)C2)CC1. The molecule has 0 aromatic heterocycles. The van der Waals surface area contributed by atoms with E-state index in [4.69, 9.17) is 5.11 Å². The molecule has 142 valence electrons. The number of carboxylic acids is 1. The summed E-state index contributed by atoms with van der Waals surface area (Å²) < 4.78 is 39.0. The van der Waals surface area contributed by atoms with E-state index in [9.17, 15) is 27.6 Å². The summed E-state index contributed by atoms with van der Waals surface area (Å²) in [7, 11) is 3.24. The third-order valence-electron chi connectivity index (χ3n) is 4.87. The molecular weight excluding hydrogens is 343 g/mol.